The predicted molar refractivity (Wildman–Crippen MR) is 96.9 cm³/mol. The van der Waals surface area contributed by atoms with Crippen LogP contribution >= 0.6 is 11.6 Å². The van der Waals surface area contributed by atoms with Gasteiger partial charge in [0.05, 0.1) is 12.6 Å². The van der Waals surface area contributed by atoms with Crippen LogP contribution in [0.4, 0.5) is 5.69 Å². The van der Waals surface area contributed by atoms with E-state index in [1.807, 2.05) is 0 Å². The molecular weight excluding hydrogens is 324 g/mol. The predicted octanol–water partition coefficient (Wildman–Crippen LogP) is 2.93. The Balaban J connectivity index is 1.87. The van der Waals surface area contributed by atoms with Crippen LogP contribution in [-0.2, 0) is 4.79 Å². The molecule has 1 atom stereocenters. The summed E-state index contributed by atoms with van der Waals surface area (Å²) >= 11 is 5.83. The van der Waals surface area contributed by atoms with Crippen molar-refractivity contribution in [2.45, 2.75) is 6.10 Å². The Labute approximate surface area is 147 Å². The van der Waals surface area contributed by atoms with Gasteiger partial charge in [-0.1, -0.05) is 35.7 Å². The lowest BCUT2D eigenvalue weighted by molar-refractivity contribution is -0.117. The topological polar surface area (TPSA) is 52.6 Å². The number of carbonyl (C=O) groups is 1. The van der Waals surface area contributed by atoms with Gasteiger partial charge >= 0.3 is 0 Å². The van der Waals surface area contributed by atoms with Crippen molar-refractivity contribution in [3.63, 3.8) is 0 Å². The lowest BCUT2D eigenvalue weighted by Crippen LogP contribution is -2.33. The van der Waals surface area contributed by atoms with Crippen molar-refractivity contribution < 1.29 is 9.90 Å². The van der Waals surface area contributed by atoms with Crippen molar-refractivity contribution in [2.75, 3.05) is 25.5 Å². The number of aliphatic hydroxyl groups is 1. The molecule has 1 amide bonds. The summed E-state index contributed by atoms with van der Waals surface area (Å²) in [6.45, 7) is 0.490. The summed E-state index contributed by atoms with van der Waals surface area (Å²) < 4.78 is 0. The largest absolute Gasteiger partial charge is 0.387 e. The van der Waals surface area contributed by atoms with Gasteiger partial charge in [0.25, 0.3) is 0 Å². The molecule has 124 valence electrons. The fourth-order valence-electron chi connectivity index (χ4n) is 2.28. The van der Waals surface area contributed by atoms with Crippen molar-refractivity contribution in [1.82, 2.24) is 4.90 Å². The first-order valence-electron chi connectivity index (χ1n) is 7.46. The molecule has 0 saturated heterocycles. The molecule has 0 aliphatic rings. The lowest BCUT2D eigenvalue weighted by atomic mass is 10.1. The molecule has 0 fully saturated rings. The number of rotatable bonds is 6. The molecule has 1 unspecified atom stereocenters. The second kappa shape index (κ2) is 8.51. The second-order valence-corrected chi connectivity index (χ2v) is 5.97. The molecule has 0 radical (unpaired) electrons. The fraction of sp³-hybridized carbons (Fsp3) is 0.211. The van der Waals surface area contributed by atoms with Gasteiger partial charge in [0, 0.05) is 22.8 Å². The minimum Gasteiger partial charge on any atom is -0.387 e. The summed E-state index contributed by atoms with van der Waals surface area (Å²) in [7, 11) is 1.77. The van der Waals surface area contributed by atoms with Crippen LogP contribution in [0.5, 0.6) is 0 Å². The van der Waals surface area contributed by atoms with Crippen molar-refractivity contribution in [3.05, 3.63) is 64.7 Å². The van der Waals surface area contributed by atoms with Gasteiger partial charge in [-0.3, -0.25) is 9.69 Å². The number of likely N-dealkylation sites (N-methyl/N-ethyl adjacent to an activating group) is 1. The minimum atomic E-state index is -0.690. The van der Waals surface area contributed by atoms with Crippen molar-refractivity contribution >= 4 is 23.2 Å². The van der Waals surface area contributed by atoms with Gasteiger partial charge in [-0.25, -0.2) is 0 Å². The summed E-state index contributed by atoms with van der Waals surface area (Å²) in [5.41, 5.74) is 2.12. The monoisotopic (exact) mass is 342 g/mol. The molecule has 0 aliphatic heterocycles. The molecule has 2 rings (SSSR count). The maximum absolute atomic E-state index is 12.1. The molecule has 5 heteroatoms. The first-order chi connectivity index (χ1) is 11.5. The number of halogens is 1. The molecule has 2 N–H and O–H groups in total. The number of hydrogen-bond donors (Lipinski definition) is 2. The second-order valence-electron chi connectivity index (χ2n) is 5.54. The van der Waals surface area contributed by atoms with Crippen molar-refractivity contribution in [3.8, 4) is 12.3 Å². The summed E-state index contributed by atoms with van der Waals surface area (Å²) in [5, 5.41) is 13.6. The summed E-state index contributed by atoms with van der Waals surface area (Å²) in [4.78, 5) is 13.8. The third kappa shape index (κ3) is 5.39. The molecule has 4 nitrogen and oxygen atoms in total. The third-order valence-corrected chi connectivity index (χ3v) is 3.72. The standard InChI is InChI=1S/C19H19ClN2O2/c1-3-14-5-4-6-17(11-14)21-19(24)13-22(2)12-18(23)15-7-9-16(20)10-8-15/h1,4-11,18,23H,12-13H2,2H3,(H,21,24). The number of nitrogens with one attached hydrogen (secondary N) is 1. The molecule has 0 saturated carbocycles. The van der Waals surface area contributed by atoms with Crippen LogP contribution in [0.1, 0.15) is 17.2 Å². The molecule has 0 aliphatic carbocycles. The zero-order valence-corrected chi connectivity index (χ0v) is 14.1. The van der Waals surface area contributed by atoms with Gasteiger partial charge in [0.15, 0.2) is 0 Å². The van der Waals surface area contributed by atoms with E-state index in [1.54, 1.807) is 60.5 Å². The summed E-state index contributed by atoms with van der Waals surface area (Å²) in [5.74, 6) is 2.35. The van der Waals surface area contributed by atoms with Crippen LogP contribution in [0.2, 0.25) is 5.02 Å². The van der Waals surface area contributed by atoms with E-state index >= 15 is 0 Å². The molecular formula is C19H19ClN2O2. The van der Waals surface area contributed by atoms with Crippen molar-refractivity contribution in [2.24, 2.45) is 0 Å². The van der Waals surface area contributed by atoms with E-state index in [0.717, 1.165) is 5.56 Å². The van der Waals surface area contributed by atoms with Crippen LogP contribution < -0.4 is 5.32 Å². The first-order valence-corrected chi connectivity index (χ1v) is 7.84. The number of anilines is 1. The molecule has 0 aromatic heterocycles. The maximum Gasteiger partial charge on any atom is 0.238 e. The Morgan fingerprint density at radius 2 is 2.04 bits per heavy atom. The van der Waals surface area contributed by atoms with E-state index in [1.165, 1.54) is 0 Å². The Morgan fingerprint density at radius 1 is 1.33 bits per heavy atom. The average molecular weight is 343 g/mol. The molecule has 0 heterocycles. The average Bonchev–Trinajstić information content (AvgIpc) is 2.55. The van der Waals surface area contributed by atoms with Gasteiger partial charge in [0.2, 0.25) is 5.91 Å². The molecule has 2 aromatic rings. The number of aliphatic hydroxyl groups excluding tert-OH is 1. The molecule has 24 heavy (non-hydrogen) atoms. The zero-order valence-electron chi connectivity index (χ0n) is 13.4. The van der Waals surface area contributed by atoms with E-state index in [4.69, 9.17) is 18.0 Å². The highest BCUT2D eigenvalue weighted by Crippen LogP contribution is 2.17. The van der Waals surface area contributed by atoms with Crippen LogP contribution in [0.15, 0.2) is 48.5 Å². The quantitative estimate of drug-likeness (QED) is 0.794. The van der Waals surface area contributed by atoms with E-state index in [9.17, 15) is 9.90 Å². The smallest absolute Gasteiger partial charge is 0.238 e. The Kier molecular flexibility index (Phi) is 6.39. The molecule has 2 aromatic carbocycles. The van der Waals surface area contributed by atoms with Crippen molar-refractivity contribution in [1.29, 1.82) is 0 Å². The van der Waals surface area contributed by atoms with Crippen LogP contribution in [0, 0.1) is 12.3 Å². The summed E-state index contributed by atoms with van der Waals surface area (Å²) in [6.07, 6.45) is 4.65. The number of hydrogen-bond acceptors (Lipinski definition) is 3. The number of nitrogens with zero attached hydrogens (tertiary/aromatic N) is 1. The number of amides is 1. The fourth-order valence-corrected chi connectivity index (χ4v) is 2.41. The number of benzene rings is 2. The van der Waals surface area contributed by atoms with Crippen LogP contribution in [0.3, 0.4) is 0 Å². The lowest BCUT2D eigenvalue weighted by Gasteiger charge is -2.20. The summed E-state index contributed by atoms with van der Waals surface area (Å²) in [6, 6.07) is 14.1. The van der Waals surface area contributed by atoms with E-state index < -0.39 is 6.10 Å². The van der Waals surface area contributed by atoms with Crippen LogP contribution in [-0.4, -0.2) is 36.1 Å². The highest BCUT2D eigenvalue weighted by molar-refractivity contribution is 6.30. The Hall–Kier alpha value is -2.32. The van der Waals surface area contributed by atoms with E-state index in [2.05, 4.69) is 11.2 Å². The molecule has 0 spiro atoms. The highest BCUT2D eigenvalue weighted by atomic mass is 35.5. The van der Waals surface area contributed by atoms with E-state index in [0.29, 0.717) is 22.8 Å². The van der Waals surface area contributed by atoms with Gasteiger partial charge in [-0.2, -0.15) is 0 Å². The maximum atomic E-state index is 12.1. The van der Waals surface area contributed by atoms with Gasteiger partial charge in [-0.15, -0.1) is 6.42 Å². The first kappa shape index (κ1) is 18.0. The SMILES string of the molecule is C#Cc1cccc(NC(=O)CN(C)CC(O)c2ccc(Cl)cc2)c1. The highest BCUT2D eigenvalue weighted by Gasteiger charge is 2.13. The zero-order chi connectivity index (χ0) is 17.5. The van der Waals surface area contributed by atoms with E-state index in [-0.39, 0.29) is 12.5 Å². The third-order valence-electron chi connectivity index (χ3n) is 3.47. The number of carbonyl (C=O) groups excluding carboxylic acids is 1. The van der Waals surface area contributed by atoms with Gasteiger partial charge in [0.1, 0.15) is 0 Å². The van der Waals surface area contributed by atoms with Gasteiger partial charge < -0.3 is 10.4 Å². The Morgan fingerprint density at radius 3 is 2.71 bits per heavy atom. The number of terminal acetylenes is 1. The van der Waals surface area contributed by atoms with Crippen LogP contribution in [0.25, 0.3) is 0 Å². The minimum absolute atomic E-state index is 0.158. The van der Waals surface area contributed by atoms with Gasteiger partial charge in [-0.05, 0) is 42.9 Å². The Bertz CT molecular complexity index is 738. The normalized spacial score (nSPS) is 11.8. The molecule has 0 bridgehead atoms.